The van der Waals surface area contributed by atoms with Gasteiger partial charge in [-0.15, -0.1) is 0 Å². The van der Waals surface area contributed by atoms with Gasteiger partial charge in [0.25, 0.3) is 0 Å². The summed E-state index contributed by atoms with van der Waals surface area (Å²) in [6.07, 6.45) is 1.07. The van der Waals surface area contributed by atoms with Gasteiger partial charge in [0, 0.05) is 22.0 Å². The van der Waals surface area contributed by atoms with Crippen molar-refractivity contribution in [2.45, 2.75) is 37.1 Å². The average Bonchev–Trinajstić information content (AvgIpc) is 2.41. The van der Waals surface area contributed by atoms with Crippen LogP contribution in [0.3, 0.4) is 0 Å². The van der Waals surface area contributed by atoms with Gasteiger partial charge < -0.3 is 5.32 Å². The smallest absolute Gasteiger partial charge is 0.133 e. The molecule has 106 valence electrons. The fourth-order valence-corrected chi connectivity index (χ4v) is 3.00. The fraction of sp³-hybridized carbons (Fsp3) is 0.333. The number of benzene rings is 1. The van der Waals surface area contributed by atoms with E-state index in [1.54, 1.807) is 11.8 Å². The van der Waals surface area contributed by atoms with Gasteiger partial charge in [0.05, 0.1) is 0 Å². The number of nitrogens with one attached hydrogen (secondary N) is 1. The predicted molar refractivity (Wildman–Crippen MR) is 85.9 cm³/mol. The van der Waals surface area contributed by atoms with Crippen molar-refractivity contribution in [3.8, 4) is 0 Å². The molecule has 20 heavy (non-hydrogen) atoms. The highest BCUT2D eigenvalue weighted by molar-refractivity contribution is 7.99. The van der Waals surface area contributed by atoms with Gasteiger partial charge in [0.1, 0.15) is 16.7 Å². The summed E-state index contributed by atoms with van der Waals surface area (Å²) in [5.41, 5.74) is 1.08. The van der Waals surface area contributed by atoms with Gasteiger partial charge in [-0.1, -0.05) is 36.4 Å². The normalized spacial score (nSPS) is 10.6. The number of halogens is 1. The zero-order valence-electron chi connectivity index (χ0n) is 11.9. The van der Waals surface area contributed by atoms with Crippen LogP contribution in [0.4, 0.5) is 5.82 Å². The molecule has 0 fully saturated rings. The second-order valence-corrected chi connectivity index (χ2v) is 6.03. The minimum Gasteiger partial charge on any atom is -0.370 e. The van der Waals surface area contributed by atoms with Crippen molar-refractivity contribution in [1.29, 1.82) is 0 Å². The summed E-state index contributed by atoms with van der Waals surface area (Å²) in [5.74, 6) is 1.70. The Balaban J connectivity index is 2.29. The molecule has 1 N–H and O–H groups in total. The van der Waals surface area contributed by atoms with Crippen molar-refractivity contribution in [3.05, 3.63) is 40.7 Å². The molecule has 0 aliphatic rings. The summed E-state index contributed by atoms with van der Waals surface area (Å²) >= 11 is 7.64. The number of hydrogen-bond donors (Lipinski definition) is 1. The van der Waals surface area contributed by atoms with Crippen LogP contribution in [0.15, 0.2) is 34.2 Å². The molecule has 0 saturated heterocycles. The predicted octanol–water partition coefficient (Wildman–Crippen LogP) is 4.72. The Bertz CT molecular complexity index is 602. The Labute approximate surface area is 129 Å². The van der Waals surface area contributed by atoms with Crippen molar-refractivity contribution < 1.29 is 0 Å². The largest absolute Gasteiger partial charge is 0.370 e. The molecule has 0 atom stereocenters. The lowest BCUT2D eigenvalue weighted by Crippen LogP contribution is -2.07. The van der Waals surface area contributed by atoms with Crippen molar-refractivity contribution in [2.24, 2.45) is 0 Å². The van der Waals surface area contributed by atoms with Crippen molar-refractivity contribution in [1.82, 2.24) is 9.97 Å². The van der Waals surface area contributed by atoms with Crippen LogP contribution in [0.5, 0.6) is 0 Å². The molecule has 0 spiro atoms. The third kappa shape index (κ3) is 3.87. The van der Waals surface area contributed by atoms with E-state index in [0.29, 0.717) is 0 Å². The monoisotopic (exact) mass is 307 g/mol. The molecule has 2 rings (SSSR count). The summed E-state index contributed by atoms with van der Waals surface area (Å²) in [5, 5.41) is 5.06. The maximum absolute atomic E-state index is 6.02. The van der Waals surface area contributed by atoms with E-state index in [-0.39, 0.29) is 0 Å². The van der Waals surface area contributed by atoms with Crippen LogP contribution >= 0.6 is 23.4 Å². The Kier molecular flexibility index (Phi) is 5.26. The third-order valence-electron chi connectivity index (χ3n) is 2.77. The molecular weight excluding hydrogens is 290 g/mol. The van der Waals surface area contributed by atoms with E-state index >= 15 is 0 Å². The van der Waals surface area contributed by atoms with Gasteiger partial charge in [0.15, 0.2) is 0 Å². The van der Waals surface area contributed by atoms with Gasteiger partial charge in [-0.3, -0.25) is 0 Å². The van der Waals surface area contributed by atoms with Gasteiger partial charge in [-0.05, 0) is 38.5 Å². The summed E-state index contributed by atoms with van der Waals surface area (Å²) < 4.78 is 0. The molecule has 0 aliphatic heterocycles. The number of hydrogen-bond acceptors (Lipinski definition) is 4. The molecule has 0 saturated carbocycles. The molecule has 1 heterocycles. The van der Waals surface area contributed by atoms with Crippen LogP contribution in [0, 0.1) is 13.8 Å². The van der Waals surface area contributed by atoms with Gasteiger partial charge in [-0.2, -0.15) is 0 Å². The molecule has 1 aromatic carbocycles. The first kappa shape index (κ1) is 15.1. The van der Waals surface area contributed by atoms with E-state index < -0.39 is 0 Å². The van der Waals surface area contributed by atoms with Crippen molar-refractivity contribution in [3.63, 3.8) is 0 Å². The Morgan fingerprint density at radius 3 is 2.75 bits per heavy atom. The number of anilines is 1. The van der Waals surface area contributed by atoms with Crippen LogP contribution in [0.25, 0.3) is 0 Å². The van der Waals surface area contributed by atoms with Crippen molar-refractivity contribution in [2.75, 3.05) is 11.9 Å². The minimum atomic E-state index is 0.739. The molecule has 0 unspecified atom stereocenters. The Hall–Kier alpha value is -1.26. The van der Waals surface area contributed by atoms with Crippen LogP contribution in [0.2, 0.25) is 5.02 Å². The van der Waals surface area contributed by atoms with Crippen LogP contribution in [-0.2, 0) is 0 Å². The molecule has 0 aliphatic carbocycles. The van der Waals surface area contributed by atoms with E-state index in [1.807, 2.05) is 38.1 Å². The quantitative estimate of drug-likeness (QED) is 0.811. The molecule has 1 aromatic heterocycles. The average molecular weight is 308 g/mol. The zero-order chi connectivity index (χ0) is 14.5. The second-order valence-electron chi connectivity index (χ2n) is 4.54. The Morgan fingerprint density at radius 1 is 1.25 bits per heavy atom. The lowest BCUT2D eigenvalue weighted by Gasteiger charge is -2.12. The Morgan fingerprint density at radius 2 is 2.05 bits per heavy atom. The summed E-state index contributed by atoms with van der Waals surface area (Å²) in [7, 11) is 0. The van der Waals surface area contributed by atoms with E-state index in [0.717, 1.165) is 45.1 Å². The highest BCUT2D eigenvalue weighted by Gasteiger charge is 2.10. The molecule has 0 radical (unpaired) electrons. The molecule has 0 bridgehead atoms. The lowest BCUT2D eigenvalue weighted by molar-refractivity contribution is 0.908. The molecule has 3 nitrogen and oxygen atoms in total. The maximum atomic E-state index is 6.02. The van der Waals surface area contributed by atoms with Crippen LogP contribution < -0.4 is 5.32 Å². The zero-order valence-corrected chi connectivity index (χ0v) is 13.5. The number of rotatable bonds is 5. The fourth-order valence-electron chi connectivity index (χ4n) is 1.76. The van der Waals surface area contributed by atoms with E-state index in [2.05, 4.69) is 22.2 Å². The number of nitrogens with zero attached hydrogens (tertiary/aromatic N) is 2. The summed E-state index contributed by atoms with van der Waals surface area (Å²) in [4.78, 5) is 10.1. The van der Waals surface area contributed by atoms with Gasteiger partial charge in [0.2, 0.25) is 0 Å². The highest BCUT2D eigenvalue weighted by Crippen LogP contribution is 2.32. The molecular formula is C15H18ClN3S. The second kappa shape index (κ2) is 6.95. The molecule has 5 heteroatoms. The van der Waals surface area contributed by atoms with Gasteiger partial charge in [-0.25, -0.2) is 9.97 Å². The summed E-state index contributed by atoms with van der Waals surface area (Å²) in [6.45, 7) is 7.01. The van der Waals surface area contributed by atoms with E-state index in [4.69, 9.17) is 11.6 Å². The number of aryl methyl sites for hydroxylation is 1. The molecule has 0 amide bonds. The highest BCUT2D eigenvalue weighted by atomic mass is 35.5. The minimum absolute atomic E-state index is 0.739. The first-order chi connectivity index (χ1) is 9.60. The first-order valence-corrected chi connectivity index (χ1v) is 7.82. The number of aromatic nitrogens is 2. The third-order valence-corrected chi connectivity index (χ3v) is 4.08. The van der Waals surface area contributed by atoms with E-state index in [9.17, 15) is 0 Å². The topological polar surface area (TPSA) is 37.8 Å². The lowest BCUT2D eigenvalue weighted by atomic mass is 10.3. The van der Waals surface area contributed by atoms with E-state index in [1.165, 1.54) is 0 Å². The van der Waals surface area contributed by atoms with Gasteiger partial charge >= 0.3 is 0 Å². The summed E-state index contributed by atoms with van der Waals surface area (Å²) in [6, 6.07) is 7.80. The standard InChI is InChI=1S/C15H18ClN3S/c1-4-8-17-14-10(2)15(19-11(3)18-14)20-13-7-5-6-12(16)9-13/h5-7,9H,4,8H2,1-3H3,(H,17,18,19). The van der Waals surface area contributed by atoms with Crippen molar-refractivity contribution >= 4 is 29.2 Å². The SMILES string of the molecule is CCCNc1nc(C)nc(Sc2cccc(Cl)c2)c1C. The maximum Gasteiger partial charge on any atom is 0.133 e. The molecule has 2 aromatic rings. The van der Waals surface area contributed by atoms with Crippen LogP contribution in [0.1, 0.15) is 24.7 Å². The first-order valence-electron chi connectivity index (χ1n) is 6.62. The van der Waals surface area contributed by atoms with Crippen LogP contribution in [-0.4, -0.2) is 16.5 Å².